The molecule has 0 aromatic rings. The molecule has 2 atom stereocenters. The van der Waals surface area contributed by atoms with Crippen molar-refractivity contribution in [3.8, 4) is 0 Å². The summed E-state index contributed by atoms with van der Waals surface area (Å²) in [4.78, 5) is 10.6. The summed E-state index contributed by atoms with van der Waals surface area (Å²) in [6.45, 7) is 0.883. The molecule has 0 amide bonds. The van der Waals surface area contributed by atoms with Crippen LogP contribution >= 0.6 is 0 Å². The van der Waals surface area contributed by atoms with Crippen LogP contribution in [-0.2, 0) is 14.8 Å². The van der Waals surface area contributed by atoms with E-state index in [0.29, 0.717) is 19.5 Å². The van der Waals surface area contributed by atoms with Crippen LogP contribution in [0.2, 0.25) is 0 Å². The van der Waals surface area contributed by atoms with Gasteiger partial charge in [-0.25, -0.2) is 13.1 Å². The lowest BCUT2D eigenvalue weighted by Crippen LogP contribution is -2.50. The zero-order valence-electron chi connectivity index (χ0n) is 7.86. The molecule has 1 rings (SSSR count). The third-order valence-corrected chi connectivity index (χ3v) is 2.84. The number of hydrogen-bond acceptors (Lipinski definition) is 4. The van der Waals surface area contributed by atoms with Gasteiger partial charge in [-0.2, -0.15) is 0 Å². The molecule has 14 heavy (non-hydrogen) atoms. The van der Waals surface area contributed by atoms with E-state index in [0.717, 1.165) is 6.26 Å². The molecule has 0 spiro atoms. The molecule has 0 saturated carbocycles. The Labute approximate surface area is 82.7 Å². The number of piperidine rings is 1. The molecule has 3 N–H and O–H groups in total. The maximum absolute atomic E-state index is 10.9. The van der Waals surface area contributed by atoms with E-state index in [-0.39, 0.29) is 6.04 Å². The second-order valence-electron chi connectivity index (χ2n) is 3.52. The van der Waals surface area contributed by atoms with Crippen molar-refractivity contribution in [3.63, 3.8) is 0 Å². The second-order valence-corrected chi connectivity index (χ2v) is 5.30. The molecule has 0 aromatic heterocycles. The van der Waals surface area contributed by atoms with E-state index < -0.39 is 21.9 Å². The molecule has 0 radical (unpaired) electrons. The molecule has 0 bridgehead atoms. The molecule has 1 saturated heterocycles. The zero-order valence-corrected chi connectivity index (χ0v) is 8.67. The Hall–Kier alpha value is -0.660. The van der Waals surface area contributed by atoms with Crippen LogP contribution in [0.1, 0.15) is 6.42 Å². The van der Waals surface area contributed by atoms with Gasteiger partial charge in [0.1, 0.15) is 0 Å². The van der Waals surface area contributed by atoms with E-state index >= 15 is 0 Å². The van der Waals surface area contributed by atoms with Crippen molar-refractivity contribution in [1.29, 1.82) is 0 Å². The highest BCUT2D eigenvalue weighted by Gasteiger charge is 2.27. The summed E-state index contributed by atoms with van der Waals surface area (Å²) >= 11 is 0. The van der Waals surface area contributed by atoms with Crippen molar-refractivity contribution in [2.45, 2.75) is 12.5 Å². The molecule has 1 heterocycles. The van der Waals surface area contributed by atoms with E-state index in [2.05, 4.69) is 10.0 Å². The molecular formula is C7H14N2O4S. The van der Waals surface area contributed by atoms with Crippen LogP contribution < -0.4 is 10.0 Å². The minimum atomic E-state index is -3.26. The first kappa shape index (κ1) is 11.4. The first-order valence-electron chi connectivity index (χ1n) is 4.29. The Bertz CT molecular complexity index is 314. The Morgan fingerprint density at radius 2 is 2.14 bits per heavy atom. The fourth-order valence-corrected chi connectivity index (χ4v) is 2.31. The number of carbonyl (C=O) groups is 1. The van der Waals surface area contributed by atoms with Gasteiger partial charge in [0.25, 0.3) is 0 Å². The summed E-state index contributed by atoms with van der Waals surface area (Å²) in [6, 6.07) is -0.320. The average molecular weight is 222 g/mol. The number of nitrogens with one attached hydrogen (secondary N) is 2. The number of carboxylic acids is 1. The van der Waals surface area contributed by atoms with Crippen LogP contribution in [0.5, 0.6) is 0 Å². The van der Waals surface area contributed by atoms with Gasteiger partial charge in [0.15, 0.2) is 0 Å². The van der Waals surface area contributed by atoms with Crippen LogP contribution in [0.4, 0.5) is 0 Å². The first-order valence-corrected chi connectivity index (χ1v) is 6.18. The van der Waals surface area contributed by atoms with Gasteiger partial charge in [0.05, 0.1) is 12.2 Å². The molecule has 0 aromatic carbocycles. The number of carboxylic acid groups (broad SMARTS) is 1. The van der Waals surface area contributed by atoms with E-state index in [9.17, 15) is 13.2 Å². The van der Waals surface area contributed by atoms with E-state index in [4.69, 9.17) is 5.11 Å². The number of hydrogen-bond donors (Lipinski definition) is 3. The normalized spacial score (nSPS) is 28.6. The van der Waals surface area contributed by atoms with Gasteiger partial charge in [-0.15, -0.1) is 0 Å². The van der Waals surface area contributed by atoms with Gasteiger partial charge in [-0.3, -0.25) is 4.79 Å². The third kappa shape index (κ3) is 3.60. The van der Waals surface area contributed by atoms with E-state index in [1.165, 1.54) is 0 Å². The molecule has 0 unspecified atom stereocenters. The number of sulfonamides is 1. The number of aliphatic carboxylic acids is 1. The van der Waals surface area contributed by atoms with Crippen molar-refractivity contribution >= 4 is 16.0 Å². The molecule has 1 aliphatic heterocycles. The van der Waals surface area contributed by atoms with Crippen LogP contribution in [0, 0.1) is 5.92 Å². The van der Waals surface area contributed by atoms with Gasteiger partial charge >= 0.3 is 5.97 Å². The molecule has 1 aliphatic rings. The van der Waals surface area contributed by atoms with E-state index in [1.54, 1.807) is 0 Å². The van der Waals surface area contributed by atoms with Gasteiger partial charge in [-0.1, -0.05) is 0 Å². The molecular weight excluding hydrogens is 208 g/mol. The summed E-state index contributed by atoms with van der Waals surface area (Å²) in [5.74, 6) is -1.40. The van der Waals surface area contributed by atoms with Gasteiger partial charge in [0.2, 0.25) is 10.0 Å². The lowest BCUT2D eigenvalue weighted by atomic mass is 9.97. The minimum Gasteiger partial charge on any atom is -0.481 e. The van der Waals surface area contributed by atoms with Crippen molar-refractivity contribution < 1.29 is 18.3 Å². The molecule has 7 heteroatoms. The largest absolute Gasteiger partial charge is 0.481 e. The van der Waals surface area contributed by atoms with Gasteiger partial charge in [0, 0.05) is 19.1 Å². The standard InChI is InChI=1S/C7H14N2O4S/c1-14(12,13)9-6-2-5(7(10)11)3-8-4-6/h5-6,8-9H,2-4H2,1H3,(H,10,11)/t5-,6+/m0/s1. The van der Waals surface area contributed by atoms with Gasteiger partial charge < -0.3 is 10.4 Å². The van der Waals surface area contributed by atoms with Crippen LogP contribution in [0.15, 0.2) is 0 Å². The Kier molecular flexibility index (Phi) is 3.46. The minimum absolute atomic E-state index is 0.320. The summed E-state index contributed by atoms with van der Waals surface area (Å²) < 4.78 is 24.2. The summed E-state index contributed by atoms with van der Waals surface area (Å²) in [5.41, 5.74) is 0. The average Bonchev–Trinajstić information content (AvgIpc) is 2.01. The fourth-order valence-electron chi connectivity index (χ4n) is 1.52. The maximum Gasteiger partial charge on any atom is 0.307 e. The fraction of sp³-hybridized carbons (Fsp3) is 0.857. The Balaban J connectivity index is 2.52. The summed E-state index contributed by atoms with van der Waals surface area (Å²) in [7, 11) is -3.26. The van der Waals surface area contributed by atoms with Crippen LogP contribution in [-0.4, -0.2) is 44.9 Å². The predicted octanol–water partition coefficient (Wildman–Crippen LogP) is -1.40. The lowest BCUT2D eigenvalue weighted by Gasteiger charge is -2.27. The van der Waals surface area contributed by atoms with Crippen LogP contribution in [0.3, 0.4) is 0 Å². The van der Waals surface area contributed by atoms with E-state index in [1.807, 2.05) is 0 Å². The van der Waals surface area contributed by atoms with Crippen molar-refractivity contribution in [1.82, 2.24) is 10.0 Å². The summed E-state index contributed by atoms with van der Waals surface area (Å²) in [6.07, 6.45) is 1.41. The SMILES string of the molecule is CS(=O)(=O)N[C@H]1CNC[C@@H](C(=O)O)C1. The van der Waals surface area contributed by atoms with Crippen molar-refractivity contribution in [3.05, 3.63) is 0 Å². The highest BCUT2D eigenvalue weighted by atomic mass is 32.2. The Morgan fingerprint density at radius 1 is 1.50 bits per heavy atom. The second kappa shape index (κ2) is 4.24. The quantitative estimate of drug-likeness (QED) is 0.546. The highest BCUT2D eigenvalue weighted by molar-refractivity contribution is 7.88. The van der Waals surface area contributed by atoms with Gasteiger partial charge in [-0.05, 0) is 6.42 Å². The summed E-state index contributed by atoms with van der Waals surface area (Å²) in [5, 5.41) is 11.6. The van der Waals surface area contributed by atoms with Crippen molar-refractivity contribution in [2.75, 3.05) is 19.3 Å². The zero-order chi connectivity index (χ0) is 10.8. The first-order chi connectivity index (χ1) is 6.38. The molecule has 82 valence electrons. The smallest absolute Gasteiger partial charge is 0.307 e. The molecule has 1 fully saturated rings. The maximum atomic E-state index is 10.9. The topological polar surface area (TPSA) is 95.5 Å². The predicted molar refractivity (Wildman–Crippen MR) is 50.4 cm³/mol. The third-order valence-electron chi connectivity index (χ3n) is 2.08. The van der Waals surface area contributed by atoms with Crippen LogP contribution in [0.25, 0.3) is 0 Å². The molecule has 6 nitrogen and oxygen atoms in total. The lowest BCUT2D eigenvalue weighted by molar-refractivity contribution is -0.142. The highest BCUT2D eigenvalue weighted by Crippen LogP contribution is 2.11. The molecule has 0 aliphatic carbocycles. The number of rotatable bonds is 3. The Morgan fingerprint density at radius 3 is 2.64 bits per heavy atom. The van der Waals surface area contributed by atoms with Crippen molar-refractivity contribution in [2.24, 2.45) is 5.92 Å². The monoisotopic (exact) mass is 222 g/mol.